The maximum Gasteiger partial charge on any atom is 0.339 e. The molecule has 186 valence electrons. The smallest absolute Gasteiger partial charge is 0.339 e. The zero-order valence-corrected chi connectivity index (χ0v) is 20.9. The molecule has 0 radical (unpaired) electrons. The zero-order valence-electron chi connectivity index (χ0n) is 20.9. The Kier molecular flexibility index (Phi) is 6.06. The van der Waals surface area contributed by atoms with Crippen molar-refractivity contribution in [2.75, 3.05) is 6.61 Å². The third-order valence-corrected chi connectivity index (χ3v) is 6.85. The third kappa shape index (κ3) is 3.87. The summed E-state index contributed by atoms with van der Waals surface area (Å²) in [4.78, 5) is 20.0. The fourth-order valence-corrected chi connectivity index (χ4v) is 5.15. The second-order valence-corrected chi connectivity index (χ2v) is 9.03. The first-order chi connectivity index (χ1) is 18.7. The van der Waals surface area contributed by atoms with Gasteiger partial charge in [0.15, 0.2) is 0 Å². The van der Waals surface area contributed by atoms with Crippen LogP contribution in [0, 0.1) is 0 Å². The molecule has 0 spiro atoms. The summed E-state index contributed by atoms with van der Waals surface area (Å²) in [5.41, 5.74) is 5.51. The van der Waals surface area contributed by atoms with Crippen molar-refractivity contribution in [2.45, 2.75) is 12.5 Å². The van der Waals surface area contributed by atoms with Crippen LogP contribution in [0.1, 0.15) is 34.0 Å². The molecular weight excluding hydrogens is 472 g/mol. The van der Waals surface area contributed by atoms with E-state index < -0.39 is 5.54 Å². The molecule has 0 fully saturated rings. The van der Waals surface area contributed by atoms with E-state index in [1.807, 2.05) is 41.3 Å². The lowest BCUT2D eigenvalue weighted by Crippen LogP contribution is -2.38. The zero-order chi connectivity index (χ0) is 26.0. The molecule has 0 saturated carbocycles. The number of hydrogen-bond donors (Lipinski definition) is 1. The molecule has 0 aliphatic heterocycles. The van der Waals surface area contributed by atoms with Crippen LogP contribution in [0.4, 0.5) is 0 Å². The van der Waals surface area contributed by atoms with Crippen LogP contribution in [-0.2, 0) is 10.3 Å². The molecule has 6 aromatic rings. The van der Waals surface area contributed by atoms with Crippen LogP contribution in [-0.4, -0.2) is 32.3 Å². The lowest BCUT2D eigenvalue weighted by atomic mass is 9.77. The Morgan fingerprint density at radius 2 is 1.45 bits per heavy atom. The highest BCUT2D eigenvalue weighted by molar-refractivity contribution is 5.99. The van der Waals surface area contributed by atoms with Crippen molar-refractivity contribution in [3.05, 3.63) is 144 Å². The minimum absolute atomic E-state index is 0.310. The monoisotopic (exact) mass is 498 g/mol. The van der Waals surface area contributed by atoms with Crippen molar-refractivity contribution in [3.8, 4) is 11.1 Å². The van der Waals surface area contributed by atoms with Crippen molar-refractivity contribution < 1.29 is 9.53 Å². The Morgan fingerprint density at radius 1 is 0.868 bits per heavy atom. The summed E-state index contributed by atoms with van der Waals surface area (Å²) >= 11 is 0. The molecule has 1 N–H and O–H groups in total. The topological polar surface area (TPSA) is 72.8 Å². The number of pyridine rings is 1. The van der Waals surface area contributed by atoms with Crippen LogP contribution in [0.25, 0.3) is 22.2 Å². The van der Waals surface area contributed by atoms with Crippen molar-refractivity contribution in [3.63, 3.8) is 0 Å². The maximum atomic E-state index is 12.4. The normalized spacial score (nSPS) is 11.5. The van der Waals surface area contributed by atoms with Gasteiger partial charge in [-0.1, -0.05) is 91.0 Å². The molecule has 0 aliphatic carbocycles. The van der Waals surface area contributed by atoms with Gasteiger partial charge in [-0.15, -0.1) is 0 Å². The van der Waals surface area contributed by atoms with Gasteiger partial charge in [-0.25, -0.2) is 9.78 Å². The molecule has 6 nitrogen and oxygen atoms in total. The number of esters is 1. The van der Waals surface area contributed by atoms with Crippen LogP contribution in [0.15, 0.2) is 122 Å². The number of aromatic amines is 1. The van der Waals surface area contributed by atoms with Crippen LogP contribution < -0.4 is 0 Å². The van der Waals surface area contributed by atoms with Gasteiger partial charge >= 0.3 is 5.97 Å². The Bertz CT molecular complexity index is 1590. The summed E-state index contributed by atoms with van der Waals surface area (Å²) in [6, 6.07) is 33.1. The highest BCUT2D eigenvalue weighted by Crippen LogP contribution is 2.41. The number of nitrogens with one attached hydrogen (secondary N) is 1. The molecule has 38 heavy (non-hydrogen) atoms. The van der Waals surface area contributed by atoms with Gasteiger partial charge in [-0.3, -0.25) is 4.68 Å². The van der Waals surface area contributed by atoms with E-state index in [1.54, 1.807) is 6.92 Å². The largest absolute Gasteiger partial charge is 0.462 e. The lowest BCUT2D eigenvalue weighted by Gasteiger charge is -2.36. The van der Waals surface area contributed by atoms with E-state index in [4.69, 9.17) is 9.84 Å². The number of benzene rings is 3. The summed E-state index contributed by atoms with van der Waals surface area (Å²) < 4.78 is 7.22. The Morgan fingerprint density at radius 3 is 2.00 bits per heavy atom. The molecule has 3 aromatic carbocycles. The number of ether oxygens (including phenoxy) is 1. The SMILES string of the molecule is CCOC(=O)c1cnc2[nH]cc(-c3cnn(C(c4ccccc4)(c4ccccc4)c4ccccc4)c3)c2c1. The first-order valence-corrected chi connectivity index (χ1v) is 12.6. The molecule has 0 saturated heterocycles. The molecule has 0 atom stereocenters. The first kappa shape index (κ1) is 23.4. The van der Waals surface area contributed by atoms with Crippen LogP contribution in [0.3, 0.4) is 0 Å². The average molecular weight is 499 g/mol. The van der Waals surface area contributed by atoms with Crippen molar-refractivity contribution in [1.82, 2.24) is 19.7 Å². The van der Waals surface area contributed by atoms with E-state index in [-0.39, 0.29) is 5.97 Å². The number of carbonyl (C=O) groups excluding carboxylic acids is 1. The summed E-state index contributed by atoms with van der Waals surface area (Å²) in [5, 5.41) is 5.79. The second kappa shape index (κ2) is 9.82. The Balaban J connectivity index is 1.57. The minimum atomic E-state index is -0.706. The predicted molar refractivity (Wildman–Crippen MR) is 148 cm³/mol. The van der Waals surface area contributed by atoms with E-state index in [0.717, 1.165) is 33.2 Å². The minimum Gasteiger partial charge on any atom is -0.462 e. The van der Waals surface area contributed by atoms with Gasteiger partial charge in [-0.05, 0) is 29.7 Å². The lowest BCUT2D eigenvalue weighted by molar-refractivity contribution is 0.0526. The number of carbonyl (C=O) groups is 1. The van der Waals surface area contributed by atoms with E-state index in [1.165, 1.54) is 6.20 Å². The number of hydrogen-bond acceptors (Lipinski definition) is 4. The number of aromatic nitrogens is 4. The van der Waals surface area contributed by atoms with Gasteiger partial charge in [0.2, 0.25) is 0 Å². The Labute approximate surface area is 220 Å². The van der Waals surface area contributed by atoms with Gasteiger partial charge < -0.3 is 9.72 Å². The summed E-state index contributed by atoms with van der Waals surface area (Å²) in [7, 11) is 0. The fourth-order valence-electron chi connectivity index (χ4n) is 5.15. The number of H-pyrrole nitrogens is 1. The van der Waals surface area contributed by atoms with Gasteiger partial charge in [0.05, 0.1) is 18.4 Å². The van der Waals surface area contributed by atoms with Crippen LogP contribution >= 0.6 is 0 Å². The predicted octanol–water partition coefficient (Wildman–Crippen LogP) is 6.44. The Hall–Kier alpha value is -4.97. The van der Waals surface area contributed by atoms with Crippen molar-refractivity contribution in [2.24, 2.45) is 0 Å². The molecule has 0 amide bonds. The highest BCUT2D eigenvalue weighted by atomic mass is 16.5. The van der Waals surface area contributed by atoms with Gasteiger partial charge in [-0.2, -0.15) is 5.10 Å². The quantitative estimate of drug-likeness (QED) is 0.203. The number of rotatable bonds is 7. The van der Waals surface area contributed by atoms with E-state index in [9.17, 15) is 4.79 Å². The number of fused-ring (bicyclic) bond motifs is 1. The van der Waals surface area contributed by atoms with Crippen molar-refractivity contribution in [1.29, 1.82) is 0 Å². The highest BCUT2D eigenvalue weighted by Gasteiger charge is 2.39. The second-order valence-electron chi connectivity index (χ2n) is 9.03. The molecule has 0 unspecified atom stereocenters. The average Bonchev–Trinajstić information content (AvgIpc) is 3.63. The van der Waals surface area contributed by atoms with E-state index >= 15 is 0 Å². The molecular formula is C32H26N4O2. The molecule has 0 bridgehead atoms. The summed E-state index contributed by atoms with van der Waals surface area (Å²) in [5.74, 6) is -0.388. The molecule has 6 rings (SSSR count). The fraction of sp³-hybridized carbons (Fsp3) is 0.0938. The molecule has 3 aromatic heterocycles. The third-order valence-electron chi connectivity index (χ3n) is 6.85. The molecule has 6 heteroatoms. The van der Waals surface area contributed by atoms with Gasteiger partial charge in [0.25, 0.3) is 0 Å². The van der Waals surface area contributed by atoms with Crippen LogP contribution in [0.2, 0.25) is 0 Å². The number of nitrogens with zero attached hydrogens (tertiary/aromatic N) is 3. The van der Waals surface area contributed by atoms with Crippen LogP contribution in [0.5, 0.6) is 0 Å². The van der Waals surface area contributed by atoms with E-state index in [2.05, 4.69) is 89.0 Å². The summed E-state index contributed by atoms with van der Waals surface area (Å²) in [6.07, 6.45) is 7.37. The maximum absolute atomic E-state index is 12.4. The van der Waals surface area contributed by atoms with Gasteiger partial charge in [0.1, 0.15) is 11.2 Å². The van der Waals surface area contributed by atoms with Crippen molar-refractivity contribution >= 4 is 17.0 Å². The molecule has 0 aliphatic rings. The molecule has 3 heterocycles. The van der Waals surface area contributed by atoms with Gasteiger partial charge in [0, 0.05) is 35.1 Å². The first-order valence-electron chi connectivity index (χ1n) is 12.6. The standard InChI is InChI=1S/C32H26N4O2/c1-2-38-31(37)23-18-28-29(21-34-30(28)33-19-23)24-20-35-36(22-24)32(25-12-6-3-7-13-25,26-14-8-4-9-15-26)27-16-10-5-11-17-27/h3-22H,2H2,1H3,(H,33,34). The summed E-state index contributed by atoms with van der Waals surface area (Å²) in [6.45, 7) is 2.10. The van der Waals surface area contributed by atoms with E-state index in [0.29, 0.717) is 17.8 Å².